The SMILES string of the molecule is CN(C)c1ccccc1Oc1ccc(Cl)cc1Cl. The molecule has 2 aromatic rings. The van der Waals surface area contributed by atoms with Crippen LogP contribution in [0.4, 0.5) is 5.69 Å². The minimum atomic E-state index is 0.496. The zero-order valence-electron chi connectivity index (χ0n) is 10.2. The number of anilines is 1. The Morgan fingerprint density at radius 3 is 2.33 bits per heavy atom. The van der Waals surface area contributed by atoms with Gasteiger partial charge in [-0.2, -0.15) is 0 Å². The van der Waals surface area contributed by atoms with Gasteiger partial charge >= 0.3 is 0 Å². The lowest BCUT2D eigenvalue weighted by Gasteiger charge is -2.17. The van der Waals surface area contributed by atoms with E-state index in [1.807, 2.05) is 43.3 Å². The molecule has 0 radical (unpaired) electrons. The summed E-state index contributed by atoms with van der Waals surface area (Å²) in [6.07, 6.45) is 0. The summed E-state index contributed by atoms with van der Waals surface area (Å²) in [6.45, 7) is 0. The van der Waals surface area contributed by atoms with Crippen LogP contribution in [0.1, 0.15) is 0 Å². The molecule has 0 aliphatic rings. The molecule has 0 aliphatic carbocycles. The Bertz CT molecular complexity index is 555. The molecule has 2 aromatic carbocycles. The quantitative estimate of drug-likeness (QED) is 0.797. The Morgan fingerprint density at radius 2 is 1.67 bits per heavy atom. The van der Waals surface area contributed by atoms with E-state index in [1.165, 1.54) is 0 Å². The summed E-state index contributed by atoms with van der Waals surface area (Å²) in [5, 5.41) is 1.09. The van der Waals surface area contributed by atoms with Gasteiger partial charge in [-0.15, -0.1) is 0 Å². The van der Waals surface area contributed by atoms with Crippen molar-refractivity contribution in [3.05, 3.63) is 52.5 Å². The molecule has 0 aliphatic heterocycles. The number of hydrogen-bond acceptors (Lipinski definition) is 2. The van der Waals surface area contributed by atoms with E-state index < -0.39 is 0 Å². The predicted molar refractivity (Wildman–Crippen MR) is 77.3 cm³/mol. The third-order valence-corrected chi connectivity index (χ3v) is 2.99. The first-order valence-corrected chi connectivity index (χ1v) is 6.23. The lowest BCUT2D eigenvalue weighted by molar-refractivity contribution is 0.483. The molecule has 0 bridgehead atoms. The lowest BCUT2D eigenvalue weighted by Crippen LogP contribution is -2.09. The second kappa shape index (κ2) is 5.51. The van der Waals surface area contributed by atoms with E-state index in [0.29, 0.717) is 15.8 Å². The van der Waals surface area contributed by atoms with Gasteiger partial charge in [0.1, 0.15) is 5.75 Å². The maximum Gasteiger partial charge on any atom is 0.150 e. The van der Waals surface area contributed by atoms with Crippen LogP contribution < -0.4 is 9.64 Å². The van der Waals surface area contributed by atoms with Gasteiger partial charge in [-0.1, -0.05) is 35.3 Å². The molecule has 0 heterocycles. The Labute approximate surface area is 117 Å². The molecule has 0 amide bonds. The van der Waals surface area contributed by atoms with Crippen LogP contribution >= 0.6 is 23.2 Å². The highest BCUT2D eigenvalue weighted by Crippen LogP contribution is 2.35. The summed E-state index contributed by atoms with van der Waals surface area (Å²) in [5.41, 5.74) is 0.989. The second-order valence-electron chi connectivity index (χ2n) is 4.04. The van der Waals surface area contributed by atoms with E-state index in [-0.39, 0.29) is 0 Å². The molecule has 0 N–H and O–H groups in total. The zero-order valence-corrected chi connectivity index (χ0v) is 11.7. The molecule has 4 heteroatoms. The highest BCUT2D eigenvalue weighted by atomic mass is 35.5. The van der Waals surface area contributed by atoms with Crippen molar-refractivity contribution in [1.29, 1.82) is 0 Å². The number of benzene rings is 2. The summed E-state index contributed by atoms with van der Waals surface area (Å²) in [7, 11) is 3.93. The van der Waals surface area contributed by atoms with Crippen LogP contribution in [0, 0.1) is 0 Å². The molecular formula is C14H13Cl2NO. The number of nitrogens with zero attached hydrogens (tertiary/aromatic N) is 1. The van der Waals surface area contributed by atoms with Gasteiger partial charge in [0.15, 0.2) is 5.75 Å². The van der Waals surface area contributed by atoms with Crippen molar-refractivity contribution in [3.8, 4) is 11.5 Å². The first kappa shape index (κ1) is 13.1. The zero-order chi connectivity index (χ0) is 13.1. The number of rotatable bonds is 3. The molecule has 0 unspecified atom stereocenters. The summed E-state index contributed by atoms with van der Waals surface area (Å²) in [6, 6.07) is 13.0. The standard InChI is InChI=1S/C14H13Cl2NO/c1-17(2)12-5-3-4-6-14(12)18-13-8-7-10(15)9-11(13)16/h3-9H,1-2H3. The van der Waals surface area contributed by atoms with Crippen LogP contribution in [0.3, 0.4) is 0 Å². The van der Waals surface area contributed by atoms with Gasteiger partial charge in [0.25, 0.3) is 0 Å². The third-order valence-electron chi connectivity index (χ3n) is 2.46. The largest absolute Gasteiger partial charge is 0.454 e. The van der Waals surface area contributed by atoms with Crippen LogP contribution in [-0.2, 0) is 0 Å². The lowest BCUT2D eigenvalue weighted by atomic mass is 10.2. The minimum absolute atomic E-state index is 0.496. The van der Waals surface area contributed by atoms with Crippen LogP contribution in [-0.4, -0.2) is 14.1 Å². The molecule has 18 heavy (non-hydrogen) atoms. The van der Waals surface area contributed by atoms with Gasteiger partial charge in [-0.3, -0.25) is 0 Å². The van der Waals surface area contributed by atoms with E-state index in [1.54, 1.807) is 18.2 Å². The van der Waals surface area contributed by atoms with Gasteiger partial charge in [-0.05, 0) is 30.3 Å². The molecule has 94 valence electrons. The van der Waals surface area contributed by atoms with Crippen LogP contribution in [0.15, 0.2) is 42.5 Å². The van der Waals surface area contributed by atoms with Crippen molar-refractivity contribution in [2.75, 3.05) is 19.0 Å². The minimum Gasteiger partial charge on any atom is -0.454 e. The molecule has 0 atom stereocenters. The summed E-state index contributed by atoms with van der Waals surface area (Å²) in [5.74, 6) is 1.35. The summed E-state index contributed by atoms with van der Waals surface area (Å²) < 4.78 is 5.82. The van der Waals surface area contributed by atoms with Gasteiger partial charge in [0.2, 0.25) is 0 Å². The van der Waals surface area contributed by atoms with Crippen molar-refractivity contribution < 1.29 is 4.74 Å². The third kappa shape index (κ3) is 2.89. The number of hydrogen-bond donors (Lipinski definition) is 0. The van der Waals surface area contributed by atoms with Crippen LogP contribution in [0.2, 0.25) is 10.0 Å². The fraction of sp³-hybridized carbons (Fsp3) is 0.143. The normalized spacial score (nSPS) is 10.2. The fourth-order valence-corrected chi connectivity index (χ4v) is 2.04. The first-order valence-electron chi connectivity index (χ1n) is 5.47. The van der Waals surface area contributed by atoms with Crippen molar-refractivity contribution in [1.82, 2.24) is 0 Å². The van der Waals surface area contributed by atoms with Crippen molar-refractivity contribution >= 4 is 28.9 Å². The van der Waals surface area contributed by atoms with Gasteiger partial charge in [0, 0.05) is 19.1 Å². The Hall–Kier alpha value is -1.38. The molecule has 2 nitrogen and oxygen atoms in total. The number of ether oxygens (including phenoxy) is 1. The molecule has 0 spiro atoms. The molecule has 0 saturated heterocycles. The van der Waals surface area contributed by atoms with E-state index in [0.717, 1.165) is 11.4 Å². The maximum atomic E-state index is 6.09. The van der Waals surface area contributed by atoms with E-state index >= 15 is 0 Å². The van der Waals surface area contributed by atoms with Gasteiger partial charge in [0.05, 0.1) is 10.7 Å². The summed E-state index contributed by atoms with van der Waals surface area (Å²) >= 11 is 11.9. The molecule has 0 fully saturated rings. The number of para-hydroxylation sites is 2. The second-order valence-corrected chi connectivity index (χ2v) is 4.88. The predicted octanol–water partition coefficient (Wildman–Crippen LogP) is 4.85. The van der Waals surface area contributed by atoms with Crippen LogP contribution in [0.25, 0.3) is 0 Å². The van der Waals surface area contributed by atoms with Crippen molar-refractivity contribution in [2.24, 2.45) is 0 Å². The molecule has 0 saturated carbocycles. The maximum absolute atomic E-state index is 6.09. The van der Waals surface area contributed by atoms with Crippen molar-refractivity contribution in [2.45, 2.75) is 0 Å². The monoisotopic (exact) mass is 281 g/mol. The topological polar surface area (TPSA) is 12.5 Å². The Balaban J connectivity index is 2.34. The van der Waals surface area contributed by atoms with Crippen LogP contribution in [0.5, 0.6) is 11.5 Å². The average Bonchev–Trinajstić information content (AvgIpc) is 2.33. The Morgan fingerprint density at radius 1 is 0.944 bits per heavy atom. The van der Waals surface area contributed by atoms with E-state index in [2.05, 4.69) is 0 Å². The van der Waals surface area contributed by atoms with Crippen molar-refractivity contribution in [3.63, 3.8) is 0 Å². The smallest absolute Gasteiger partial charge is 0.150 e. The highest BCUT2D eigenvalue weighted by molar-refractivity contribution is 6.35. The highest BCUT2D eigenvalue weighted by Gasteiger charge is 2.08. The summed E-state index contributed by atoms with van der Waals surface area (Å²) in [4.78, 5) is 1.99. The molecule has 0 aromatic heterocycles. The average molecular weight is 282 g/mol. The fourth-order valence-electron chi connectivity index (χ4n) is 1.59. The van der Waals surface area contributed by atoms with Gasteiger partial charge in [-0.25, -0.2) is 0 Å². The van der Waals surface area contributed by atoms with E-state index in [4.69, 9.17) is 27.9 Å². The molecule has 2 rings (SSSR count). The van der Waals surface area contributed by atoms with Gasteiger partial charge < -0.3 is 9.64 Å². The molecular weight excluding hydrogens is 269 g/mol. The number of halogens is 2. The van der Waals surface area contributed by atoms with E-state index in [9.17, 15) is 0 Å². The first-order chi connectivity index (χ1) is 8.58. The Kier molecular flexibility index (Phi) is 4.00.